The van der Waals surface area contributed by atoms with Crippen molar-refractivity contribution < 1.29 is 9.42 Å². The molecular formula is C24H23N2O+. The van der Waals surface area contributed by atoms with Crippen molar-refractivity contribution in [2.45, 2.75) is 13.5 Å². The average Bonchev–Trinajstić information content (AvgIpc) is 3.01. The van der Waals surface area contributed by atoms with Crippen LogP contribution < -0.4 is 9.42 Å². The number of benzene rings is 3. The fraction of sp³-hybridized carbons (Fsp3) is 0.125. The van der Waals surface area contributed by atoms with Gasteiger partial charge in [0.05, 0.1) is 12.1 Å². The minimum Gasteiger partial charge on any atom is -0.448 e. The quantitative estimate of drug-likeness (QED) is 0.435. The first kappa shape index (κ1) is 17.1. The van der Waals surface area contributed by atoms with Gasteiger partial charge < -0.3 is 4.74 Å². The van der Waals surface area contributed by atoms with Crippen molar-refractivity contribution in [3.8, 4) is 34.0 Å². The Morgan fingerprint density at radius 2 is 1.26 bits per heavy atom. The summed E-state index contributed by atoms with van der Waals surface area (Å²) in [5.41, 5.74) is 4.43. The molecule has 0 fully saturated rings. The Kier molecular flexibility index (Phi) is 4.75. The summed E-state index contributed by atoms with van der Waals surface area (Å²) < 4.78 is 10.9. The third-order valence-corrected chi connectivity index (χ3v) is 4.73. The predicted octanol–water partition coefficient (Wildman–Crippen LogP) is 5.46. The molecule has 3 aromatic carbocycles. The zero-order valence-electron chi connectivity index (χ0n) is 15.7. The van der Waals surface area contributed by atoms with E-state index in [2.05, 4.69) is 71.9 Å². The molecule has 0 spiro atoms. The number of para-hydroxylation sites is 1. The second-order valence-electron chi connectivity index (χ2n) is 6.41. The fourth-order valence-corrected chi connectivity index (χ4v) is 3.51. The predicted molar refractivity (Wildman–Crippen MR) is 109 cm³/mol. The second kappa shape index (κ2) is 7.50. The molecule has 134 valence electrons. The van der Waals surface area contributed by atoms with Crippen LogP contribution in [0.4, 0.5) is 0 Å². The zero-order valence-corrected chi connectivity index (χ0v) is 15.7. The summed E-state index contributed by atoms with van der Waals surface area (Å²) in [6.45, 7) is 3.01. The summed E-state index contributed by atoms with van der Waals surface area (Å²) >= 11 is 0. The van der Waals surface area contributed by atoms with E-state index in [1.165, 1.54) is 0 Å². The van der Waals surface area contributed by atoms with Crippen LogP contribution in [0.15, 0.2) is 91.0 Å². The van der Waals surface area contributed by atoms with Gasteiger partial charge in [0.1, 0.15) is 5.75 Å². The fourth-order valence-electron chi connectivity index (χ4n) is 3.51. The lowest BCUT2D eigenvalue weighted by molar-refractivity contribution is -0.742. The number of hydrogen-bond acceptors (Lipinski definition) is 1. The molecule has 4 rings (SSSR count). The van der Waals surface area contributed by atoms with E-state index in [0.29, 0.717) is 0 Å². The van der Waals surface area contributed by atoms with Gasteiger partial charge in [0.15, 0.2) is 12.7 Å². The Labute approximate surface area is 160 Å². The lowest BCUT2D eigenvalue weighted by atomic mass is 10.1. The molecule has 0 amide bonds. The summed E-state index contributed by atoms with van der Waals surface area (Å²) in [5.74, 6) is 1.71. The van der Waals surface area contributed by atoms with Crippen LogP contribution in [0.3, 0.4) is 0 Å². The second-order valence-corrected chi connectivity index (χ2v) is 6.41. The summed E-state index contributed by atoms with van der Waals surface area (Å²) in [7, 11) is 2.09. The van der Waals surface area contributed by atoms with Crippen LogP contribution in [0.2, 0.25) is 0 Å². The molecule has 0 saturated heterocycles. The Morgan fingerprint density at radius 3 is 1.81 bits per heavy atom. The van der Waals surface area contributed by atoms with Crippen LogP contribution in [0.1, 0.15) is 6.92 Å². The monoisotopic (exact) mass is 355 g/mol. The van der Waals surface area contributed by atoms with Crippen LogP contribution >= 0.6 is 0 Å². The molecule has 0 aliphatic carbocycles. The van der Waals surface area contributed by atoms with Crippen LogP contribution in [-0.4, -0.2) is 4.68 Å². The van der Waals surface area contributed by atoms with E-state index in [-0.39, 0.29) is 0 Å². The van der Waals surface area contributed by atoms with Gasteiger partial charge >= 0.3 is 0 Å². The number of ether oxygens (including phenoxy) is 1. The van der Waals surface area contributed by atoms with Gasteiger partial charge in [-0.15, -0.1) is 9.36 Å². The third kappa shape index (κ3) is 3.24. The molecule has 0 bridgehead atoms. The maximum Gasteiger partial charge on any atom is 0.281 e. The van der Waals surface area contributed by atoms with Gasteiger partial charge in [-0.25, -0.2) is 0 Å². The molecule has 0 radical (unpaired) electrons. The number of rotatable bonds is 5. The van der Waals surface area contributed by atoms with Crippen molar-refractivity contribution in [2.75, 3.05) is 0 Å². The van der Waals surface area contributed by atoms with Crippen molar-refractivity contribution in [1.82, 2.24) is 4.68 Å². The lowest BCUT2D eigenvalue weighted by Crippen LogP contribution is -2.40. The highest BCUT2D eigenvalue weighted by molar-refractivity contribution is 5.77. The number of aromatic nitrogens is 2. The van der Waals surface area contributed by atoms with Crippen molar-refractivity contribution in [3.05, 3.63) is 91.0 Å². The highest BCUT2D eigenvalue weighted by Gasteiger charge is 2.31. The van der Waals surface area contributed by atoms with Gasteiger partial charge in [0.25, 0.3) is 5.69 Å². The van der Waals surface area contributed by atoms with Gasteiger partial charge in [-0.05, 0) is 31.2 Å². The lowest BCUT2D eigenvalue weighted by Gasteiger charge is -2.07. The third-order valence-electron chi connectivity index (χ3n) is 4.73. The molecule has 0 aliphatic heterocycles. The van der Waals surface area contributed by atoms with E-state index in [1.54, 1.807) is 0 Å². The van der Waals surface area contributed by atoms with Gasteiger partial charge in [0, 0.05) is 5.56 Å². The van der Waals surface area contributed by atoms with Crippen molar-refractivity contribution in [2.24, 2.45) is 7.05 Å². The molecule has 0 unspecified atom stereocenters. The van der Waals surface area contributed by atoms with Crippen LogP contribution in [-0.2, 0) is 13.6 Å². The molecule has 0 saturated carbocycles. The van der Waals surface area contributed by atoms with Gasteiger partial charge in [-0.2, -0.15) is 0 Å². The minimum atomic E-state index is 0.834. The molecular weight excluding hydrogens is 332 g/mol. The molecule has 27 heavy (non-hydrogen) atoms. The largest absolute Gasteiger partial charge is 0.448 e. The minimum absolute atomic E-state index is 0.834. The van der Waals surface area contributed by atoms with E-state index in [9.17, 15) is 0 Å². The smallest absolute Gasteiger partial charge is 0.281 e. The topological polar surface area (TPSA) is 18.0 Å². The number of hydrogen-bond donors (Lipinski definition) is 0. The maximum absolute atomic E-state index is 6.47. The average molecular weight is 355 g/mol. The summed E-state index contributed by atoms with van der Waals surface area (Å²) in [5, 5.41) is 0. The first-order valence-corrected chi connectivity index (χ1v) is 9.26. The summed E-state index contributed by atoms with van der Waals surface area (Å²) in [6.07, 6.45) is 0. The Bertz CT molecular complexity index is 1020. The molecule has 4 aromatic rings. The van der Waals surface area contributed by atoms with E-state index in [4.69, 9.17) is 4.74 Å². The normalized spacial score (nSPS) is 10.7. The molecule has 3 nitrogen and oxygen atoms in total. The van der Waals surface area contributed by atoms with E-state index in [1.807, 2.05) is 42.5 Å². The van der Waals surface area contributed by atoms with Gasteiger partial charge in [-0.1, -0.05) is 66.7 Å². The number of nitrogens with zero attached hydrogens (tertiary/aromatic N) is 2. The van der Waals surface area contributed by atoms with Crippen LogP contribution in [0.25, 0.3) is 22.5 Å². The first-order chi connectivity index (χ1) is 13.3. The summed E-state index contributed by atoms with van der Waals surface area (Å²) in [6, 6.07) is 30.8. The standard InChI is InChI=1S/C24H23N2O/c1-3-26-23(20-15-9-5-10-16-20)24(27-21-17-11-6-12-18-21)22(25(26)2)19-13-7-4-8-14-19/h4-18H,3H2,1-2H3/q+1. The maximum atomic E-state index is 6.47. The highest BCUT2D eigenvalue weighted by atomic mass is 16.5. The van der Waals surface area contributed by atoms with E-state index >= 15 is 0 Å². The van der Waals surface area contributed by atoms with E-state index in [0.717, 1.165) is 40.6 Å². The molecule has 1 heterocycles. The van der Waals surface area contributed by atoms with Crippen molar-refractivity contribution in [1.29, 1.82) is 0 Å². The highest BCUT2D eigenvalue weighted by Crippen LogP contribution is 2.40. The zero-order chi connectivity index (χ0) is 18.6. The van der Waals surface area contributed by atoms with Crippen molar-refractivity contribution >= 4 is 0 Å². The van der Waals surface area contributed by atoms with Crippen molar-refractivity contribution in [3.63, 3.8) is 0 Å². The molecule has 0 aliphatic rings. The first-order valence-electron chi connectivity index (χ1n) is 9.26. The Hall–Kier alpha value is -3.33. The summed E-state index contributed by atoms with van der Waals surface area (Å²) in [4.78, 5) is 0. The molecule has 1 aromatic heterocycles. The van der Waals surface area contributed by atoms with Crippen LogP contribution in [0.5, 0.6) is 11.5 Å². The molecule has 0 atom stereocenters. The van der Waals surface area contributed by atoms with Crippen LogP contribution in [0, 0.1) is 0 Å². The Morgan fingerprint density at radius 1 is 0.741 bits per heavy atom. The Balaban J connectivity index is 2.00. The van der Waals surface area contributed by atoms with Gasteiger partial charge in [-0.3, -0.25) is 0 Å². The molecule has 0 N–H and O–H groups in total. The molecule has 3 heteroatoms. The SMILES string of the molecule is CCn1c(-c2ccccc2)c(Oc2ccccc2)c(-c2ccccc2)[n+]1C. The van der Waals surface area contributed by atoms with Gasteiger partial charge in [0.2, 0.25) is 5.75 Å². The van der Waals surface area contributed by atoms with E-state index < -0.39 is 0 Å².